The molecule has 7 heteroatoms. The van der Waals surface area contributed by atoms with Crippen molar-refractivity contribution in [2.75, 3.05) is 29.1 Å². The summed E-state index contributed by atoms with van der Waals surface area (Å²) in [5, 5.41) is 4.23. The molecule has 120 valence electrons. The first kappa shape index (κ1) is 16.1. The van der Waals surface area contributed by atoms with Crippen LogP contribution in [0, 0.1) is 0 Å². The van der Waals surface area contributed by atoms with Crippen molar-refractivity contribution < 1.29 is 4.79 Å². The summed E-state index contributed by atoms with van der Waals surface area (Å²) in [6.45, 7) is 2.08. The maximum atomic E-state index is 12.0. The average molecular weight is 349 g/mol. The summed E-state index contributed by atoms with van der Waals surface area (Å²) in [4.78, 5) is 22.8. The van der Waals surface area contributed by atoms with Gasteiger partial charge in [-0.05, 0) is 31.0 Å². The van der Waals surface area contributed by atoms with Crippen molar-refractivity contribution in [3.05, 3.63) is 41.7 Å². The number of benzene rings is 1. The molecule has 1 N–H and O–H groups in total. The monoisotopic (exact) mass is 348 g/mol. The van der Waals surface area contributed by atoms with Crippen LogP contribution in [0.4, 0.5) is 11.5 Å². The normalized spacial score (nSPS) is 14.0. The van der Waals surface area contributed by atoms with E-state index < -0.39 is 0 Å². The van der Waals surface area contributed by atoms with E-state index in [0.717, 1.165) is 23.9 Å². The van der Waals surface area contributed by atoms with Crippen molar-refractivity contribution >= 4 is 40.8 Å². The average Bonchev–Trinajstić information content (AvgIpc) is 3.08. The van der Waals surface area contributed by atoms with Gasteiger partial charge in [-0.1, -0.05) is 29.4 Å². The molecular formula is C16H17ClN4OS. The van der Waals surface area contributed by atoms with Gasteiger partial charge in [-0.15, -0.1) is 0 Å². The molecule has 0 saturated carbocycles. The SMILES string of the molecule is O=C(CSc1cc(N2CCCC2)ncn1)Nc1cccc(Cl)c1. The molecule has 1 saturated heterocycles. The maximum Gasteiger partial charge on any atom is 0.234 e. The van der Waals surface area contributed by atoms with E-state index in [9.17, 15) is 4.79 Å². The van der Waals surface area contributed by atoms with Gasteiger partial charge in [0, 0.05) is 29.9 Å². The third kappa shape index (κ3) is 4.59. The molecule has 2 heterocycles. The minimum Gasteiger partial charge on any atom is -0.356 e. The van der Waals surface area contributed by atoms with Crippen molar-refractivity contribution in [1.82, 2.24) is 9.97 Å². The molecule has 1 aromatic carbocycles. The van der Waals surface area contributed by atoms with Crippen LogP contribution in [0.2, 0.25) is 5.02 Å². The van der Waals surface area contributed by atoms with Crippen LogP contribution in [0.1, 0.15) is 12.8 Å². The number of aromatic nitrogens is 2. The molecule has 0 bridgehead atoms. The van der Waals surface area contributed by atoms with Gasteiger partial charge in [-0.25, -0.2) is 9.97 Å². The highest BCUT2D eigenvalue weighted by Gasteiger charge is 2.14. The van der Waals surface area contributed by atoms with Gasteiger partial charge < -0.3 is 10.2 Å². The van der Waals surface area contributed by atoms with Crippen molar-refractivity contribution in [1.29, 1.82) is 0 Å². The predicted octanol–water partition coefficient (Wildman–Crippen LogP) is 3.46. The number of hydrogen-bond acceptors (Lipinski definition) is 5. The second kappa shape index (κ2) is 7.66. The lowest BCUT2D eigenvalue weighted by atomic mass is 10.3. The highest BCUT2D eigenvalue weighted by Crippen LogP contribution is 2.23. The van der Waals surface area contributed by atoms with Crippen LogP contribution in [0.15, 0.2) is 41.7 Å². The Morgan fingerprint density at radius 3 is 2.87 bits per heavy atom. The zero-order valence-electron chi connectivity index (χ0n) is 12.5. The fourth-order valence-corrected chi connectivity index (χ4v) is 3.28. The van der Waals surface area contributed by atoms with E-state index in [1.54, 1.807) is 24.5 Å². The molecule has 0 radical (unpaired) electrons. The van der Waals surface area contributed by atoms with E-state index in [1.807, 2.05) is 12.1 Å². The Morgan fingerprint density at radius 1 is 1.26 bits per heavy atom. The second-order valence-corrected chi connectivity index (χ2v) is 6.69. The minimum absolute atomic E-state index is 0.0846. The molecule has 0 unspecified atom stereocenters. The number of anilines is 2. The molecule has 0 spiro atoms. The lowest BCUT2D eigenvalue weighted by Crippen LogP contribution is -2.19. The standard InChI is InChI=1S/C16H17ClN4OS/c17-12-4-3-5-13(8-12)20-15(22)10-23-16-9-14(18-11-19-16)21-6-1-2-7-21/h3-5,8-9,11H,1-2,6-7,10H2,(H,20,22). The Morgan fingerprint density at radius 2 is 2.09 bits per heavy atom. The first-order chi connectivity index (χ1) is 11.2. The molecule has 5 nitrogen and oxygen atoms in total. The van der Waals surface area contributed by atoms with Crippen molar-refractivity contribution in [3.8, 4) is 0 Å². The van der Waals surface area contributed by atoms with E-state index in [-0.39, 0.29) is 5.91 Å². The third-order valence-electron chi connectivity index (χ3n) is 3.52. The lowest BCUT2D eigenvalue weighted by Gasteiger charge is -2.16. The van der Waals surface area contributed by atoms with E-state index in [1.165, 1.54) is 24.6 Å². The molecule has 1 aliphatic rings. The van der Waals surface area contributed by atoms with Gasteiger partial charge in [0.15, 0.2) is 0 Å². The largest absolute Gasteiger partial charge is 0.356 e. The fourth-order valence-electron chi connectivity index (χ4n) is 2.43. The summed E-state index contributed by atoms with van der Waals surface area (Å²) in [6.07, 6.45) is 3.97. The second-order valence-electron chi connectivity index (χ2n) is 5.26. The minimum atomic E-state index is -0.0846. The van der Waals surface area contributed by atoms with Crippen LogP contribution < -0.4 is 10.2 Å². The highest BCUT2D eigenvalue weighted by atomic mass is 35.5. The number of halogens is 1. The summed E-state index contributed by atoms with van der Waals surface area (Å²) in [5.74, 6) is 1.15. The number of carbonyl (C=O) groups is 1. The quantitative estimate of drug-likeness (QED) is 0.662. The first-order valence-electron chi connectivity index (χ1n) is 7.46. The Kier molecular flexibility index (Phi) is 5.35. The summed E-state index contributed by atoms with van der Waals surface area (Å²) < 4.78 is 0. The predicted molar refractivity (Wildman–Crippen MR) is 94.3 cm³/mol. The van der Waals surface area contributed by atoms with Crippen LogP contribution in [0.3, 0.4) is 0 Å². The van der Waals surface area contributed by atoms with Crippen LogP contribution in [0.5, 0.6) is 0 Å². The maximum absolute atomic E-state index is 12.0. The van der Waals surface area contributed by atoms with Gasteiger partial charge >= 0.3 is 0 Å². The molecule has 1 aliphatic heterocycles. The van der Waals surface area contributed by atoms with E-state index in [2.05, 4.69) is 20.2 Å². The number of nitrogens with one attached hydrogen (secondary N) is 1. The lowest BCUT2D eigenvalue weighted by molar-refractivity contribution is -0.113. The van der Waals surface area contributed by atoms with Gasteiger partial charge in [-0.3, -0.25) is 4.79 Å². The van der Waals surface area contributed by atoms with Crippen LogP contribution >= 0.6 is 23.4 Å². The molecule has 3 rings (SSSR count). The van der Waals surface area contributed by atoms with Gasteiger partial charge in [0.05, 0.1) is 5.75 Å². The summed E-state index contributed by atoms with van der Waals surface area (Å²) in [7, 11) is 0. The van der Waals surface area contributed by atoms with Crippen molar-refractivity contribution in [3.63, 3.8) is 0 Å². The van der Waals surface area contributed by atoms with Crippen molar-refractivity contribution in [2.45, 2.75) is 17.9 Å². The fraction of sp³-hybridized carbons (Fsp3) is 0.312. The number of carbonyl (C=O) groups excluding carboxylic acids is 1. The molecule has 1 fully saturated rings. The smallest absolute Gasteiger partial charge is 0.234 e. The summed E-state index contributed by atoms with van der Waals surface area (Å²) in [5.41, 5.74) is 0.698. The highest BCUT2D eigenvalue weighted by molar-refractivity contribution is 7.99. The zero-order valence-corrected chi connectivity index (χ0v) is 14.1. The molecular weight excluding hydrogens is 332 g/mol. The zero-order chi connectivity index (χ0) is 16.1. The Hall–Kier alpha value is -1.79. The number of rotatable bonds is 5. The molecule has 1 amide bonds. The number of hydrogen-bond donors (Lipinski definition) is 1. The molecule has 0 atom stereocenters. The molecule has 23 heavy (non-hydrogen) atoms. The first-order valence-corrected chi connectivity index (χ1v) is 8.82. The summed E-state index contributed by atoms with van der Waals surface area (Å²) in [6, 6.07) is 9.05. The Balaban J connectivity index is 1.55. The van der Waals surface area contributed by atoms with Crippen LogP contribution in [0.25, 0.3) is 0 Å². The van der Waals surface area contributed by atoms with E-state index in [4.69, 9.17) is 11.6 Å². The molecule has 0 aliphatic carbocycles. The number of amides is 1. The van der Waals surface area contributed by atoms with E-state index in [0.29, 0.717) is 16.5 Å². The Labute approximate surface area is 144 Å². The van der Waals surface area contributed by atoms with Gasteiger partial charge in [0.25, 0.3) is 0 Å². The topological polar surface area (TPSA) is 58.1 Å². The Bertz CT molecular complexity index is 691. The third-order valence-corrected chi connectivity index (χ3v) is 4.68. The van der Waals surface area contributed by atoms with Gasteiger partial charge in [0.2, 0.25) is 5.91 Å². The summed E-state index contributed by atoms with van der Waals surface area (Å²) >= 11 is 7.30. The molecule has 2 aromatic rings. The van der Waals surface area contributed by atoms with Crippen LogP contribution in [-0.2, 0) is 4.79 Å². The van der Waals surface area contributed by atoms with Crippen LogP contribution in [-0.4, -0.2) is 34.7 Å². The van der Waals surface area contributed by atoms with Gasteiger partial charge in [-0.2, -0.15) is 0 Å². The number of nitrogens with zero attached hydrogens (tertiary/aromatic N) is 3. The van der Waals surface area contributed by atoms with E-state index >= 15 is 0 Å². The van der Waals surface area contributed by atoms with Crippen molar-refractivity contribution in [2.24, 2.45) is 0 Å². The van der Waals surface area contributed by atoms with Gasteiger partial charge in [0.1, 0.15) is 17.2 Å². The molecule has 1 aromatic heterocycles. The number of thioether (sulfide) groups is 1.